The lowest BCUT2D eigenvalue weighted by Crippen LogP contribution is -2.03. The Kier molecular flexibility index (Phi) is 9.40. The van der Waals surface area contributed by atoms with Crippen molar-refractivity contribution in [1.29, 1.82) is 0 Å². The van der Waals surface area contributed by atoms with Gasteiger partial charge in [-0.15, -0.1) is 0 Å². The number of rotatable bonds is 5. The smallest absolute Gasteiger partial charge is 0.394 e. The zero-order valence-electron chi connectivity index (χ0n) is 8.37. The molecule has 0 spiro atoms. The van der Waals surface area contributed by atoms with Crippen LogP contribution in [0.15, 0.2) is 12.7 Å². The van der Waals surface area contributed by atoms with Crippen LogP contribution in [0.5, 0.6) is 0 Å². The van der Waals surface area contributed by atoms with Gasteiger partial charge in [0.1, 0.15) is 0 Å². The molecule has 0 aliphatic carbocycles. The SMILES string of the molecule is C=CC(=O)OP(=O)(O)OCCO.O=P(O)(O)O. The number of aliphatic hydroxyl groups excluding tert-OH is 1. The van der Waals surface area contributed by atoms with Gasteiger partial charge in [-0.25, -0.2) is 13.9 Å². The Balaban J connectivity index is 0. The highest BCUT2D eigenvalue weighted by Gasteiger charge is 2.24. The van der Waals surface area contributed by atoms with E-state index < -0.39 is 28.2 Å². The number of hydrogen-bond acceptors (Lipinski definition) is 6. The van der Waals surface area contributed by atoms with E-state index in [-0.39, 0.29) is 6.61 Å². The summed E-state index contributed by atoms with van der Waals surface area (Å²) in [6.07, 6.45) is 0.727. The Morgan fingerprint density at radius 1 is 1.24 bits per heavy atom. The zero-order valence-corrected chi connectivity index (χ0v) is 10.2. The second-order valence-corrected chi connectivity index (χ2v) is 4.56. The molecule has 0 amide bonds. The normalized spacial score (nSPS) is 13.9. The molecule has 0 radical (unpaired) electrons. The fraction of sp³-hybridized carbons (Fsp3) is 0.400. The van der Waals surface area contributed by atoms with Crippen molar-refractivity contribution in [3.05, 3.63) is 12.7 Å². The van der Waals surface area contributed by atoms with Crippen LogP contribution in [0.25, 0.3) is 0 Å². The van der Waals surface area contributed by atoms with E-state index in [9.17, 15) is 9.36 Å². The summed E-state index contributed by atoms with van der Waals surface area (Å²) in [5.74, 6) is -1.06. The summed E-state index contributed by atoms with van der Waals surface area (Å²) in [6, 6.07) is 0. The topological polar surface area (TPSA) is 171 Å². The molecule has 0 aromatic rings. The van der Waals surface area contributed by atoms with E-state index in [0.29, 0.717) is 0 Å². The average molecular weight is 294 g/mol. The summed E-state index contributed by atoms with van der Waals surface area (Å²) in [6.45, 7) is 2.20. The van der Waals surface area contributed by atoms with Crippen molar-refractivity contribution in [3.8, 4) is 0 Å². The highest BCUT2D eigenvalue weighted by Crippen LogP contribution is 2.42. The minimum absolute atomic E-state index is 0.377. The third-order valence-electron chi connectivity index (χ3n) is 0.718. The van der Waals surface area contributed by atoms with Crippen LogP contribution in [0.3, 0.4) is 0 Å². The van der Waals surface area contributed by atoms with Gasteiger partial charge in [0.05, 0.1) is 13.2 Å². The number of carbonyl (C=O) groups excluding carboxylic acids is 1. The first-order valence-electron chi connectivity index (χ1n) is 3.74. The fourth-order valence-corrected chi connectivity index (χ4v) is 1.00. The van der Waals surface area contributed by atoms with E-state index in [4.69, 9.17) is 29.2 Å². The highest BCUT2D eigenvalue weighted by molar-refractivity contribution is 7.48. The van der Waals surface area contributed by atoms with Crippen molar-refractivity contribution in [2.75, 3.05) is 13.2 Å². The van der Waals surface area contributed by atoms with Crippen LogP contribution in [0.2, 0.25) is 0 Å². The third-order valence-corrected chi connectivity index (χ3v) is 1.64. The van der Waals surface area contributed by atoms with Crippen molar-refractivity contribution in [1.82, 2.24) is 0 Å². The predicted octanol–water partition coefficient (Wildman–Crippen LogP) is -1.10. The highest BCUT2D eigenvalue weighted by atomic mass is 31.2. The standard InChI is InChI=1S/C5H9O6P.H3O4P/c1-2-5(7)11-12(8,9)10-4-3-6;1-5(2,3)4/h2,6H,1,3-4H2,(H,8,9);(H3,1,2,3,4). The number of phosphoric ester groups is 1. The van der Waals surface area contributed by atoms with E-state index in [2.05, 4.69) is 15.6 Å². The molecule has 0 fully saturated rings. The van der Waals surface area contributed by atoms with Gasteiger partial charge >= 0.3 is 21.6 Å². The first-order chi connectivity index (χ1) is 7.52. The van der Waals surface area contributed by atoms with Crippen LogP contribution in [0.1, 0.15) is 0 Å². The molecule has 0 heterocycles. The summed E-state index contributed by atoms with van der Waals surface area (Å²) in [4.78, 5) is 40.6. The van der Waals surface area contributed by atoms with Gasteiger partial charge in [-0.1, -0.05) is 6.58 Å². The minimum Gasteiger partial charge on any atom is -0.394 e. The summed E-state index contributed by atoms with van der Waals surface area (Å²) in [5, 5.41) is 8.20. The van der Waals surface area contributed by atoms with Gasteiger partial charge < -0.3 is 24.3 Å². The van der Waals surface area contributed by atoms with Crippen LogP contribution < -0.4 is 0 Å². The second-order valence-electron chi connectivity index (χ2n) is 2.15. The van der Waals surface area contributed by atoms with Gasteiger partial charge in [-0.05, 0) is 0 Å². The first kappa shape index (κ1) is 18.8. The number of aliphatic hydroxyl groups is 1. The van der Waals surface area contributed by atoms with E-state index in [1.54, 1.807) is 0 Å². The molecule has 0 aliphatic rings. The average Bonchev–Trinajstić information content (AvgIpc) is 2.11. The number of phosphoric acid groups is 2. The van der Waals surface area contributed by atoms with Gasteiger partial charge in [0.2, 0.25) is 0 Å². The van der Waals surface area contributed by atoms with Crippen molar-refractivity contribution in [3.63, 3.8) is 0 Å². The zero-order chi connectivity index (χ0) is 14.1. The predicted molar refractivity (Wildman–Crippen MR) is 53.4 cm³/mol. The summed E-state index contributed by atoms with van der Waals surface area (Å²) in [7, 11) is -9.00. The second kappa shape index (κ2) is 8.51. The van der Waals surface area contributed by atoms with Crippen LogP contribution in [0.4, 0.5) is 0 Å². The van der Waals surface area contributed by atoms with E-state index in [1.165, 1.54) is 0 Å². The van der Waals surface area contributed by atoms with Gasteiger partial charge in [-0.2, -0.15) is 0 Å². The Morgan fingerprint density at radius 3 is 1.94 bits per heavy atom. The maximum absolute atomic E-state index is 10.7. The van der Waals surface area contributed by atoms with Crippen molar-refractivity contribution >= 4 is 21.6 Å². The Bertz CT molecular complexity index is 323. The lowest BCUT2D eigenvalue weighted by molar-refractivity contribution is -0.130. The van der Waals surface area contributed by atoms with Gasteiger partial charge in [0.15, 0.2) is 0 Å². The molecule has 0 aromatic heterocycles. The maximum Gasteiger partial charge on any atom is 0.529 e. The minimum atomic E-state index is -4.64. The van der Waals surface area contributed by atoms with Crippen molar-refractivity contribution in [2.45, 2.75) is 0 Å². The van der Waals surface area contributed by atoms with Gasteiger partial charge in [-0.3, -0.25) is 9.42 Å². The molecule has 5 N–H and O–H groups in total. The molecule has 0 aliphatic heterocycles. The lowest BCUT2D eigenvalue weighted by Gasteiger charge is -2.08. The monoisotopic (exact) mass is 294 g/mol. The molecule has 1 atom stereocenters. The quantitative estimate of drug-likeness (QED) is 0.309. The summed E-state index contributed by atoms with van der Waals surface area (Å²) < 4.78 is 27.6. The number of hydrogen-bond donors (Lipinski definition) is 5. The molecule has 102 valence electrons. The van der Waals surface area contributed by atoms with E-state index >= 15 is 0 Å². The molecule has 0 saturated heterocycles. The molecule has 0 bridgehead atoms. The largest absolute Gasteiger partial charge is 0.529 e. The molecular weight excluding hydrogens is 282 g/mol. The molecule has 10 nitrogen and oxygen atoms in total. The Labute approximate surface area is 96.0 Å². The van der Waals surface area contributed by atoms with E-state index in [0.717, 1.165) is 6.08 Å². The van der Waals surface area contributed by atoms with Crippen LogP contribution in [-0.4, -0.2) is 43.9 Å². The van der Waals surface area contributed by atoms with Crippen molar-refractivity contribution in [2.24, 2.45) is 0 Å². The molecule has 12 heteroatoms. The first-order valence-corrected chi connectivity index (χ1v) is 6.80. The molecule has 0 rings (SSSR count). The molecule has 1 unspecified atom stereocenters. The molecule has 0 aromatic carbocycles. The summed E-state index contributed by atoms with van der Waals surface area (Å²) >= 11 is 0. The number of carbonyl (C=O) groups is 1. The fourth-order valence-electron chi connectivity index (χ4n) is 0.334. The molecular formula is C5H12O10P2. The summed E-state index contributed by atoms with van der Waals surface area (Å²) in [5.41, 5.74) is 0. The Morgan fingerprint density at radius 2 is 1.65 bits per heavy atom. The van der Waals surface area contributed by atoms with Gasteiger partial charge in [0, 0.05) is 6.08 Å². The molecule has 0 saturated carbocycles. The van der Waals surface area contributed by atoms with Crippen LogP contribution in [-0.2, 0) is 23.0 Å². The van der Waals surface area contributed by atoms with Crippen LogP contribution in [0, 0.1) is 0 Å². The van der Waals surface area contributed by atoms with Gasteiger partial charge in [0.25, 0.3) is 0 Å². The molecule has 17 heavy (non-hydrogen) atoms. The third kappa shape index (κ3) is 21.3. The van der Waals surface area contributed by atoms with E-state index in [1.807, 2.05) is 0 Å². The van der Waals surface area contributed by atoms with Crippen LogP contribution >= 0.6 is 15.6 Å². The van der Waals surface area contributed by atoms with Crippen molar-refractivity contribution < 1.29 is 47.7 Å². The maximum atomic E-state index is 10.7. The lowest BCUT2D eigenvalue weighted by atomic mass is 10.7. The Hall–Kier alpha value is -0.570.